The van der Waals surface area contributed by atoms with E-state index in [1.807, 2.05) is 31.2 Å². The first-order valence-electron chi connectivity index (χ1n) is 8.57. The molecule has 0 fully saturated rings. The molecule has 0 aliphatic heterocycles. The third kappa shape index (κ3) is 4.85. The Balaban J connectivity index is 2.15. The molecule has 26 heavy (non-hydrogen) atoms. The number of carbonyl (C=O) groups is 2. The molecule has 0 aliphatic carbocycles. The summed E-state index contributed by atoms with van der Waals surface area (Å²) in [6.45, 7) is 4.58. The number of hydrogen-bond acceptors (Lipinski definition) is 4. The molecule has 0 radical (unpaired) electrons. The van der Waals surface area contributed by atoms with E-state index < -0.39 is 0 Å². The molecule has 1 amide bonds. The summed E-state index contributed by atoms with van der Waals surface area (Å²) in [5.41, 5.74) is 2.33. The SMILES string of the molecule is CCN(Cc1ccc(OC)cc1)C(=O)Cc1cc(C(C)=O)ccc1OC. The maximum atomic E-state index is 12.8. The fourth-order valence-corrected chi connectivity index (χ4v) is 2.74. The smallest absolute Gasteiger partial charge is 0.227 e. The summed E-state index contributed by atoms with van der Waals surface area (Å²) < 4.78 is 10.5. The van der Waals surface area contributed by atoms with Crippen LogP contribution in [0.4, 0.5) is 0 Å². The quantitative estimate of drug-likeness (QED) is 0.680. The van der Waals surface area contributed by atoms with Gasteiger partial charge in [0.1, 0.15) is 11.5 Å². The van der Waals surface area contributed by atoms with Gasteiger partial charge in [0.05, 0.1) is 20.6 Å². The predicted molar refractivity (Wildman–Crippen MR) is 101 cm³/mol. The standard InChI is InChI=1S/C21H25NO4/c1-5-22(14-16-6-9-19(25-3)10-7-16)21(24)13-18-12-17(15(2)23)8-11-20(18)26-4/h6-12H,5,13-14H2,1-4H3. The molecule has 0 saturated carbocycles. The van der Waals surface area contributed by atoms with Gasteiger partial charge in [-0.1, -0.05) is 12.1 Å². The number of likely N-dealkylation sites (N-methyl/N-ethyl adjacent to an activating group) is 1. The van der Waals surface area contributed by atoms with Gasteiger partial charge in [-0.3, -0.25) is 9.59 Å². The van der Waals surface area contributed by atoms with Gasteiger partial charge in [-0.2, -0.15) is 0 Å². The fourth-order valence-electron chi connectivity index (χ4n) is 2.74. The van der Waals surface area contributed by atoms with Crippen molar-refractivity contribution in [2.75, 3.05) is 20.8 Å². The van der Waals surface area contributed by atoms with Crippen molar-refractivity contribution in [3.63, 3.8) is 0 Å². The van der Waals surface area contributed by atoms with Crippen molar-refractivity contribution in [1.82, 2.24) is 4.90 Å². The van der Waals surface area contributed by atoms with Gasteiger partial charge in [0.15, 0.2) is 5.78 Å². The molecule has 0 bridgehead atoms. The molecular weight excluding hydrogens is 330 g/mol. The first-order chi connectivity index (χ1) is 12.5. The molecule has 0 spiro atoms. The highest BCUT2D eigenvalue weighted by Gasteiger charge is 2.16. The molecule has 0 aromatic heterocycles. The fraction of sp³-hybridized carbons (Fsp3) is 0.333. The summed E-state index contributed by atoms with van der Waals surface area (Å²) in [6, 6.07) is 12.8. The number of ketones is 1. The molecule has 2 aromatic carbocycles. The van der Waals surface area contributed by atoms with Crippen LogP contribution in [0.2, 0.25) is 0 Å². The third-order valence-electron chi connectivity index (χ3n) is 4.30. The lowest BCUT2D eigenvalue weighted by molar-refractivity contribution is -0.130. The number of nitrogens with zero attached hydrogens (tertiary/aromatic N) is 1. The van der Waals surface area contributed by atoms with Gasteiger partial charge in [-0.15, -0.1) is 0 Å². The van der Waals surface area contributed by atoms with Gasteiger partial charge in [0.2, 0.25) is 5.91 Å². The van der Waals surface area contributed by atoms with E-state index >= 15 is 0 Å². The lowest BCUT2D eigenvalue weighted by Crippen LogP contribution is -2.31. The first-order valence-corrected chi connectivity index (χ1v) is 8.57. The van der Waals surface area contributed by atoms with Crippen LogP contribution in [0.15, 0.2) is 42.5 Å². The Labute approximate surface area is 154 Å². The minimum Gasteiger partial charge on any atom is -0.497 e. The highest BCUT2D eigenvalue weighted by atomic mass is 16.5. The normalized spacial score (nSPS) is 10.3. The number of carbonyl (C=O) groups excluding carboxylic acids is 2. The average molecular weight is 355 g/mol. The molecule has 0 saturated heterocycles. The van der Waals surface area contributed by atoms with Crippen molar-refractivity contribution in [3.05, 3.63) is 59.2 Å². The highest BCUT2D eigenvalue weighted by Crippen LogP contribution is 2.22. The van der Waals surface area contributed by atoms with Gasteiger partial charge in [0.25, 0.3) is 0 Å². The zero-order valence-corrected chi connectivity index (χ0v) is 15.7. The summed E-state index contributed by atoms with van der Waals surface area (Å²) in [7, 11) is 3.19. The van der Waals surface area contributed by atoms with Crippen LogP contribution >= 0.6 is 0 Å². The van der Waals surface area contributed by atoms with Crippen molar-refractivity contribution in [1.29, 1.82) is 0 Å². The maximum Gasteiger partial charge on any atom is 0.227 e. The van der Waals surface area contributed by atoms with E-state index in [1.165, 1.54) is 6.92 Å². The van der Waals surface area contributed by atoms with Crippen molar-refractivity contribution in [3.8, 4) is 11.5 Å². The zero-order valence-electron chi connectivity index (χ0n) is 15.7. The number of benzene rings is 2. The lowest BCUT2D eigenvalue weighted by Gasteiger charge is -2.22. The Bertz CT molecular complexity index is 768. The lowest BCUT2D eigenvalue weighted by atomic mass is 10.0. The number of methoxy groups -OCH3 is 2. The summed E-state index contributed by atoms with van der Waals surface area (Å²) in [5, 5.41) is 0. The molecule has 0 unspecified atom stereocenters. The summed E-state index contributed by atoms with van der Waals surface area (Å²) in [4.78, 5) is 26.2. The number of amides is 1. The molecule has 138 valence electrons. The van der Waals surface area contributed by atoms with Crippen LogP contribution in [0.5, 0.6) is 11.5 Å². The topological polar surface area (TPSA) is 55.8 Å². The van der Waals surface area contributed by atoms with Gasteiger partial charge >= 0.3 is 0 Å². The van der Waals surface area contributed by atoms with Gasteiger partial charge in [0, 0.05) is 24.2 Å². The molecule has 0 heterocycles. The number of rotatable bonds is 8. The van der Waals surface area contributed by atoms with Crippen LogP contribution in [0.1, 0.15) is 35.3 Å². The molecule has 2 aromatic rings. The van der Waals surface area contributed by atoms with E-state index in [9.17, 15) is 9.59 Å². The second-order valence-electron chi connectivity index (χ2n) is 6.02. The van der Waals surface area contributed by atoms with Gasteiger partial charge in [-0.05, 0) is 49.7 Å². The second kappa shape index (κ2) is 9.04. The van der Waals surface area contributed by atoms with Crippen LogP contribution < -0.4 is 9.47 Å². The van der Waals surface area contributed by atoms with Gasteiger partial charge in [-0.25, -0.2) is 0 Å². The molecule has 2 rings (SSSR count). The number of hydrogen-bond donors (Lipinski definition) is 0. The highest BCUT2D eigenvalue weighted by molar-refractivity contribution is 5.94. The summed E-state index contributed by atoms with van der Waals surface area (Å²) >= 11 is 0. The van der Waals surface area contributed by atoms with Crippen LogP contribution in [0, 0.1) is 0 Å². The monoisotopic (exact) mass is 355 g/mol. The molecule has 0 aliphatic rings. The van der Waals surface area contributed by atoms with Gasteiger partial charge < -0.3 is 14.4 Å². The van der Waals surface area contributed by atoms with Crippen molar-refractivity contribution in [2.24, 2.45) is 0 Å². The van der Waals surface area contributed by atoms with E-state index in [0.29, 0.717) is 24.4 Å². The zero-order chi connectivity index (χ0) is 19.1. The van der Waals surface area contributed by atoms with Crippen LogP contribution in [0.25, 0.3) is 0 Å². The van der Waals surface area contributed by atoms with E-state index in [4.69, 9.17) is 9.47 Å². The van der Waals surface area contributed by atoms with Crippen molar-refractivity contribution in [2.45, 2.75) is 26.8 Å². The minimum atomic E-state index is -0.0352. The van der Waals surface area contributed by atoms with E-state index in [0.717, 1.165) is 16.9 Å². The molecule has 5 heteroatoms. The van der Waals surface area contributed by atoms with E-state index in [1.54, 1.807) is 37.3 Å². The predicted octanol–water partition coefficient (Wildman–Crippen LogP) is 3.50. The van der Waals surface area contributed by atoms with Crippen molar-refractivity contribution < 1.29 is 19.1 Å². The minimum absolute atomic E-state index is 0.0117. The Morgan fingerprint density at radius 2 is 1.69 bits per heavy atom. The summed E-state index contributed by atoms with van der Waals surface area (Å²) in [6.07, 6.45) is 0.189. The second-order valence-corrected chi connectivity index (χ2v) is 6.02. The summed E-state index contributed by atoms with van der Waals surface area (Å²) in [5.74, 6) is 1.35. The Kier molecular flexibility index (Phi) is 6.78. The molecular formula is C21H25NO4. The van der Waals surface area contributed by atoms with Crippen LogP contribution in [-0.2, 0) is 17.8 Å². The number of Topliss-reactive ketones (excluding diaryl/α,β-unsaturated/α-hetero) is 1. The molecule has 0 N–H and O–H groups in total. The molecule has 0 atom stereocenters. The Morgan fingerprint density at radius 3 is 2.23 bits per heavy atom. The van der Waals surface area contributed by atoms with E-state index in [2.05, 4.69) is 0 Å². The van der Waals surface area contributed by atoms with Crippen molar-refractivity contribution >= 4 is 11.7 Å². The van der Waals surface area contributed by atoms with Crippen LogP contribution in [-0.4, -0.2) is 37.4 Å². The van der Waals surface area contributed by atoms with Crippen LogP contribution in [0.3, 0.4) is 0 Å². The maximum absolute atomic E-state index is 12.8. The average Bonchev–Trinajstić information content (AvgIpc) is 2.66. The largest absolute Gasteiger partial charge is 0.497 e. The third-order valence-corrected chi connectivity index (χ3v) is 4.30. The number of ether oxygens (including phenoxy) is 2. The first kappa shape index (κ1) is 19.5. The molecule has 5 nitrogen and oxygen atoms in total. The Hall–Kier alpha value is -2.82. The Morgan fingerprint density at radius 1 is 1.00 bits per heavy atom. The van der Waals surface area contributed by atoms with E-state index in [-0.39, 0.29) is 18.1 Å².